The minimum atomic E-state index is -1.39. The van der Waals surface area contributed by atoms with Crippen LogP contribution in [0.2, 0.25) is 0 Å². The van der Waals surface area contributed by atoms with Gasteiger partial charge in [-0.05, 0) is 30.3 Å². The van der Waals surface area contributed by atoms with Gasteiger partial charge in [0, 0.05) is 37.1 Å². The van der Waals surface area contributed by atoms with Crippen molar-refractivity contribution in [3.63, 3.8) is 0 Å². The number of anilines is 1. The first-order valence-electron chi connectivity index (χ1n) is 9.91. The van der Waals surface area contributed by atoms with Gasteiger partial charge in [-0.25, -0.2) is 17.9 Å². The van der Waals surface area contributed by atoms with Gasteiger partial charge in [-0.15, -0.1) is 0 Å². The van der Waals surface area contributed by atoms with Crippen molar-refractivity contribution in [2.24, 2.45) is 0 Å². The van der Waals surface area contributed by atoms with Crippen molar-refractivity contribution < 1.29 is 32.5 Å². The third-order valence-electron chi connectivity index (χ3n) is 5.53. The van der Waals surface area contributed by atoms with Crippen LogP contribution < -0.4 is 9.63 Å². The first-order valence-corrected chi connectivity index (χ1v) is 9.91. The topological polar surface area (TPSA) is 76.7 Å². The average molecular weight is 444 g/mol. The Hall–Kier alpha value is -3.59. The molecule has 0 aliphatic carbocycles. The molecule has 2 heterocycles. The van der Waals surface area contributed by atoms with Crippen molar-refractivity contribution in [1.82, 2.24) is 0 Å². The summed E-state index contributed by atoms with van der Waals surface area (Å²) < 4.78 is 47.9. The summed E-state index contributed by atoms with van der Waals surface area (Å²) in [6.07, 6.45) is -0.824. The van der Waals surface area contributed by atoms with Crippen LogP contribution in [0.4, 0.5) is 23.8 Å². The highest BCUT2D eigenvalue weighted by atomic mass is 19.1. The zero-order valence-electron chi connectivity index (χ0n) is 16.8. The molecule has 1 N–H and O–H groups in total. The predicted octanol–water partition coefficient (Wildman–Crippen LogP) is 4.03. The molecule has 3 aromatic rings. The maximum Gasteiger partial charge on any atom is 0.508 e. The van der Waals surface area contributed by atoms with Gasteiger partial charge in [0.05, 0.1) is 5.56 Å². The van der Waals surface area contributed by atoms with E-state index in [1.165, 1.54) is 36.4 Å². The molecule has 1 fully saturated rings. The number of halogens is 3. The number of aromatic nitrogens is 1. The second-order valence-electron chi connectivity index (χ2n) is 7.41. The van der Waals surface area contributed by atoms with E-state index in [1.54, 1.807) is 6.07 Å². The Balaban J connectivity index is 1.68. The van der Waals surface area contributed by atoms with Crippen LogP contribution in [-0.4, -0.2) is 24.4 Å². The number of nitrogens with zero attached hydrogens (tertiary/aromatic N) is 2. The summed E-state index contributed by atoms with van der Waals surface area (Å²) in [5.74, 6) is -2.40. The number of carbonyl (C=O) groups excluding carboxylic acids is 1. The smallest absolute Gasteiger partial charge is 0.508 e. The van der Waals surface area contributed by atoms with E-state index in [0.29, 0.717) is 10.8 Å². The lowest BCUT2D eigenvalue weighted by molar-refractivity contribution is -0.580. The fourth-order valence-electron chi connectivity index (χ4n) is 3.96. The van der Waals surface area contributed by atoms with Gasteiger partial charge in [0.2, 0.25) is 0 Å². The van der Waals surface area contributed by atoms with Crippen LogP contribution in [0.3, 0.4) is 0 Å². The maximum atomic E-state index is 14.5. The zero-order chi connectivity index (χ0) is 22.9. The van der Waals surface area contributed by atoms with Crippen LogP contribution in [0, 0.1) is 22.7 Å². The van der Waals surface area contributed by atoms with Gasteiger partial charge in [0.1, 0.15) is 35.3 Å². The Labute approximate surface area is 181 Å². The minimum absolute atomic E-state index is 0.00917. The fraction of sp³-hybridized carbons (Fsp3) is 0.217. The van der Waals surface area contributed by atoms with Crippen LogP contribution in [0.25, 0.3) is 11.3 Å². The van der Waals surface area contributed by atoms with Gasteiger partial charge in [-0.1, -0.05) is 18.2 Å². The Morgan fingerprint density at radius 1 is 1.06 bits per heavy atom. The quantitative estimate of drug-likeness (QED) is 0.476. The lowest BCUT2D eigenvalue weighted by Crippen LogP contribution is -2.52. The predicted molar refractivity (Wildman–Crippen MR) is 109 cm³/mol. The van der Waals surface area contributed by atoms with Crippen molar-refractivity contribution in [2.45, 2.75) is 18.4 Å². The first kappa shape index (κ1) is 21.6. The van der Waals surface area contributed by atoms with Crippen molar-refractivity contribution in [3.05, 3.63) is 88.9 Å². The van der Waals surface area contributed by atoms with Crippen LogP contribution in [0.15, 0.2) is 60.7 Å². The van der Waals surface area contributed by atoms with Crippen LogP contribution >= 0.6 is 0 Å². The van der Waals surface area contributed by atoms with Crippen LogP contribution in [0.5, 0.6) is 0 Å². The molecule has 1 saturated heterocycles. The molecule has 2 aromatic carbocycles. The molecule has 1 aliphatic heterocycles. The molecular formula is C23H19F3N2O4. The number of cyclic esters (lactones) is 1. The molecule has 1 aromatic heterocycles. The first-order chi connectivity index (χ1) is 15.4. The second-order valence-corrected chi connectivity index (χ2v) is 7.41. The molecule has 1 atom stereocenters. The standard InChI is InChI=1S/C23H19F3N2O4/c24-15-8-9-16(19(26)14-15)20-6-3-7-21(28(20)31)27-12-10-23(11-13-29,32-22(27)30)17-4-1-2-5-18(17)25/h1-9,14,29H,10-13H2. The molecule has 6 nitrogen and oxygen atoms in total. The van der Waals surface area contributed by atoms with Gasteiger partial charge in [0.25, 0.3) is 5.82 Å². The van der Waals surface area contributed by atoms with E-state index < -0.39 is 29.1 Å². The molecule has 32 heavy (non-hydrogen) atoms. The van der Waals surface area contributed by atoms with Gasteiger partial charge < -0.3 is 15.1 Å². The lowest BCUT2D eigenvalue weighted by Gasteiger charge is -2.38. The van der Waals surface area contributed by atoms with E-state index >= 15 is 0 Å². The number of aliphatic hydroxyl groups is 1. The molecule has 0 bridgehead atoms. The summed E-state index contributed by atoms with van der Waals surface area (Å²) in [7, 11) is 0. The van der Waals surface area contributed by atoms with E-state index in [-0.39, 0.29) is 48.6 Å². The van der Waals surface area contributed by atoms with E-state index in [0.717, 1.165) is 17.0 Å². The summed E-state index contributed by atoms with van der Waals surface area (Å²) in [6, 6.07) is 12.8. The molecule has 0 saturated carbocycles. The van der Waals surface area contributed by atoms with Crippen molar-refractivity contribution in [3.8, 4) is 11.3 Å². The molecule has 166 valence electrons. The van der Waals surface area contributed by atoms with Crippen molar-refractivity contribution >= 4 is 11.9 Å². The summed E-state index contributed by atoms with van der Waals surface area (Å²) in [6.45, 7) is -0.354. The molecule has 0 spiro atoms. The normalized spacial score (nSPS) is 18.5. The van der Waals surface area contributed by atoms with E-state index in [9.17, 15) is 28.3 Å². The van der Waals surface area contributed by atoms with Gasteiger partial charge in [-0.2, -0.15) is 9.69 Å². The number of carbonyl (C=O) groups is 1. The van der Waals surface area contributed by atoms with Gasteiger partial charge in [-0.3, -0.25) is 0 Å². The Morgan fingerprint density at radius 2 is 1.84 bits per heavy atom. The number of amides is 1. The second kappa shape index (κ2) is 8.51. The Morgan fingerprint density at radius 3 is 2.53 bits per heavy atom. The highest BCUT2D eigenvalue weighted by Gasteiger charge is 2.47. The fourth-order valence-corrected chi connectivity index (χ4v) is 3.96. The van der Waals surface area contributed by atoms with E-state index in [1.807, 2.05) is 0 Å². The van der Waals surface area contributed by atoms with Crippen LogP contribution in [-0.2, 0) is 10.3 Å². The largest absolute Gasteiger partial charge is 0.710 e. The molecule has 1 unspecified atom stereocenters. The minimum Gasteiger partial charge on any atom is -0.710 e. The third-order valence-corrected chi connectivity index (χ3v) is 5.53. The Bertz CT molecular complexity index is 1170. The molecule has 0 radical (unpaired) electrons. The highest BCUT2D eigenvalue weighted by molar-refractivity contribution is 5.87. The molecule has 1 amide bonds. The molecular weight excluding hydrogens is 425 g/mol. The van der Waals surface area contributed by atoms with Crippen molar-refractivity contribution in [1.29, 1.82) is 0 Å². The maximum absolute atomic E-state index is 14.5. The molecule has 1 aliphatic rings. The number of aliphatic hydroxyl groups excluding tert-OH is 1. The number of hydrogen-bond acceptors (Lipinski definition) is 4. The summed E-state index contributed by atoms with van der Waals surface area (Å²) >= 11 is 0. The SMILES string of the molecule is O=C1OC(CCO)(c2ccccc2F)CCN1c1cccc(-c2ccc(F)cc2F)[n+]1[O-]. The number of ether oxygens (including phenoxy) is 1. The van der Waals surface area contributed by atoms with Gasteiger partial charge >= 0.3 is 6.09 Å². The average Bonchev–Trinajstić information content (AvgIpc) is 2.75. The molecule has 4 rings (SSSR count). The van der Waals surface area contributed by atoms with Crippen molar-refractivity contribution in [2.75, 3.05) is 18.1 Å². The summed E-state index contributed by atoms with van der Waals surface area (Å²) in [5.41, 5.74) is -1.50. The Kier molecular flexibility index (Phi) is 5.75. The van der Waals surface area contributed by atoms with E-state index in [2.05, 4.69) is 0 Å². The zero-order valence-corrected chi connectivity index (χ0v) is 16.8. The number of hydrogen-bond donors (Lipinski definition) is 1. The highest BCUT2D eigenvalue weighted by Crippen LogP contribution is 2.39. The van der Waals surface area contributed by atoms with E-state index in [4.69, 9.17) is 4.74 Å². The molecule has 9 heteroatoms. The summed E-state index contributed by atoms with van der Waals surface area (Å²) in [5, 5.41) is 22.5. The van der Waals surface area contributed by atoms with Crippen LogP contribution in [0.1, 0.15) is 18.4 Å². The number of benzene rings is 2. The third kappa shape index (κ3) is 3.75. The van der Waals surface area contributed by atoms with Gasteiger partial charge in [0.15, 0.2) is 0 Å². The number of pyridine rings is 1. The number of rotatable bonds is 5. The summed E-state index contributed by atoms with van der Waals surface area (Å²) in [4.78, 5) is 14.0. The monoisotopic (exact) mass is 444 g/mol. The lowest BCUT2D eigenvalue weighted by atomic mass is 9.85.